The molecule has 0 saturated heterocycles. The van der Waals surface area contributed by atoms with Crippen molar-refractivity contribution in [2.45, 2.75) is 51.1 Å². The van der Waals surface area contributed by atoms with Crippen LogP contribution in [0.15, 0.2) is 62.9 Å². The summed E-state index contributed by atoms with van der Waals surface area (Å²) in [6.45, 7) is 6.78. The van der Waals surface area contributed by atoms with Gasteiger partial charge in [-0.3, -0.25) is 9.36 Å². The summed E-state index contributed by atoms with van der Waals surface area (Å²) in [7, 11) is 0. The Labute approximate surface area is 180 Å². The minimum absolute atomic E-state index is 0.0220. The zero-order valence-corrected chi connectivity index (χ0v) is 18.3. The SMILES string of the molecule is CCCCn1c(SCc2nc(-c3ccc(C)cc3)oc2C)nc2ccccc2c1=O. The number of thioether (sulfide) groups is 1. The highest BCUT2D eigenvalue weighted by Gasteiger charge is 2.15. The first kappa shape index (κ1) is 20.4. The number of rotatable bonds is 7. The van der Waals surface area contributed by atoms with Crippen molar-refractivity contribution in [2.75, 3.05) is 0 Å². The second-order valence-corrected chi connectivity index (χ2v) is 8.34. The first-order valence-corrected chi connectivity index (χ1v) is 11.2. The molecule has 0 fully saturated rings. The lowest BCUT2D eigenvalue weighted by Crippen LogP contribution is -2.23. The number of oxazole rings is 1. The third kappa shape index (κ3) is 4.19. The molecule has 2 heterocycles. The number of aryl methyl sites for hydroxylation is 2. The van der Waals surface area contributed by atoms with Crippen LogP contribution in [0.2, 0.25) is 0 Å². The highest BCUT2D eigenvalue weighted by Crippen LogP contribution is 2.27. The maximum absolute atomic E-state index is 13.0. The van der Waals surface area contributed by atoms with Gasteiger partial charge in [0.05, 0.1) is 16.6 Å². The van der Waals surface area contributed by atoms with E-state index in [0.29, 0.717) is 23.6 Å². The van der Waals surface area contributed by atoms with Gasteiger partial charge >= 0.3 is 0 Å². The van der Waals surface area contributed by atoms with Crippen LogP contribution in [0.25, 0.3) is 22.4 Å². The molecule has 0 aliphatic rings. The fourth-order valence-electron chi connectivity index (χ4n) is 3.29. The van der Waals surface area contributed by atoms with E-state index < -0.39 is 0 Å². The lowest BCUT2D eigenvalue weighted by molar-refractivity contribution is 0.540. The van der Waals surface area contributed by atoms with E-state index in [9.17, 15) is 4.79 Å². The number of hydrogen-bond acceptors (Lipinski definition) is 5. The number of hydrogen-bond donors (Lipinski definition) is 0. The Bertz CT molecular complexity index is 1230. The topological polar surface area (TPSA) is 60.9 Å². The third-order valence-electron chi connectivity index (χ3n) is 5.09. The standard InChI is InChI=1S/C24H25N3O2S/c1-4-5-14-27-23(28)19-8-6-7-9-20(19)26-24(27)30-15-21-17(3)29-22(25-21)18-12-10-16(2)11-13-18/h6-13H,4-5,14-15H2,1-3H3. The monoisotopic (exact) mass is 419 g/mol. The van der Waals surface area contributed by atoms with Crippen LogP contribution in [-0.4, -0.2) is 14.5 Å². The molecule has 154 valence electrons. The molecule has 0 spiro atoms. The van der Waals surface area contributed by atoms with E-state index in [1.807, 2.05) is 43.3 Å². The summed E-state index contributed by atoms with van der Waals surface area (Å²) in [5.41, 5.74) is 3.79. The van der Waals surface area contributed by atoms with Gasteiger partial charge in [0.2, 0.25) is 5.89 Å². The minimum atomic E-state index is 0.0220. The smallest absolute Gasteiger partial charge is 0.262 e. The molecule has 0 aliphatic heterocycles. The van der Waals surface area contributed by atoms with Crippen molar-refractivity contribution in [3.63, 3.8) is 0 Å². The van der Waals surface area contributed by atoms with Gasteiger partial charge in [-0.2, -0.15) is 0 Å². The van der Waals surface area contributed by atoms with E-state index in [-0.39, 0.29) is 5.56 Å². The van der Waals surface area contributed by atoms with Crippen LogP contribution in [-0.2, 0) is 12.3 Å². The molecule has 0 atom stereocenters. The van der Waals surface area contributed by atoms with E-state index in [4.69, 9.17) is 14.4 Å². The molecule has 4 rings (SSSR count). The summed E-state index contributed by atoms with van der Waals surface area (Å²) in [6.07, 6.45) is 1.96. The number of benzene rings is 2. The van der Waals surface area contributed by atoms with Gasteiger partial charge in [-0.1, -0.05) is 54.9 Å². The van der Waals surface area contributed by atoms with Crippen LogP contribution in [0.3, 0.4) is 0 Å². The van der Waals surface area contributed by atoms with Crippen molar-refractivity contribution in [3.8, 4) is 11.5 Å². The summed E-state index contributed by atoms with van der Waals surface area (Å²) >= 11 is 1.53. The molecule has 4 aromatic rings. The van der Waals surface area contributed by atoms with E-state index in [0.717, 1.165) is 40.5 Å². The summed E-state index contributed by atoms with van der Waals surface area (Å²) < 4.78 is 7.70. The quantitative estimate of drug-likeness (QED) is 0.281. The fourth-order valence-corrected chi connectivity index (χ4v) is 4.31. The maximum Gasteiger partial charge on any atom is 0.262 e. The van der Waals surface area contributed by atoms with Crippen LogP contribution in [0.4, 0.5) is 0 Å². The fraction of sp³-hybridized carbons (Fsp3) is 0.292. The highest BCUT2D eigenvalue weighted by molar-refractivity contribution is 7.98. The molecule has 0 saturated carbocycles. The average molecular weight is 420 g/mol. The lowest BCUT2D eigenvalue weighted by Gasteiger charge is -2.12. The molecule has 2 aromatic heterocycles. The second-order valence-electron chi connectivity index (χ2n) is 7.40. The van der Waals surface area contributed by atoms with Crippen LogP contribution >= 0.6 is 11.8 Å². The van der Waals surface area contributed by atoms with Gasteiger partial charge in [0.25, 0.3) is 5.56 Å². The van der Waals surface area contributed by atoms with E-state index in [2.05, 4.69) is 26.0 Å². The van der Waals surface area contributed by atoms with Gasteiger partial charge in [-0.05, 0) is 44.5 Å². The molecular weight excluding hydrogens is 394 g/mol. The molecule has 0 radical (unpaired) electrons. The molecule has 0 aliphatic carbocycles. The Balaban J connectivity index is 1.63. The van der Waals surface area contributed by atoms with Crippen molar-refractivity contribution in [1.82, 2.24) is 14.5 Å². The molecule has 2 aromatic carbocycles. The summed E-state index contributed by atoms with van der Waals surface area (Å²) in [4.78, 5) is 22.5. The molecule has 5 nitrogen and oxygen atoms in total. The number of nitrogens with zero attached hydrogens (tertiary/aromatic N) is 3. The summed E-state index contributed by atoms with van der Waals surface area (Å²) in [5, 5.41) is 1.39. The predicted octanol–water partition coefficient (Wildman–Crippen LogP) is 5.76. The largest absolute Gasteiger partial charge is 0.441 e. The molecule has 0 bridgehead atoms. The van der Waals surface area contributed by atoms with Gasteiger partial charge in [-0.25, -0.2) is 9.97 Å². The first-order chi connectivity index (χ1) is 14.6. The zero-order chi connectivity index (χ0) is 21.1. The van der Waals surface area contributed by atoms with E-state index in [1.165, 1.54) is 17.3 Å². The maximum atomic E-state index is 13.0. The van der Waals surface area contributed by atoms with Gasteiger partial charge in [0.1, 0.15) is 5.76 Å². The van der Waals surface area contributed by atoms with Crippen molar-refractivity contribution in [1.29, 1.82) is 0 Å². The Hall–Kier alpha value is -2.86. The predicted molar refractivity (Wildman–Crippen MR) is 122 cm³/mol. The first-order valence-electron chi connectivity index (χ1n) is 10.2. The normalized spacial score (nSPS) is 11.3. The third-order valence-corrected chi connectivity index (χ3v) is 6.08. The van der Waals surface area contributed by atoms with Gasteiger partial charge in [0, 0.05) is 17.9 Å². The van der Waals surface area contributed by atoms with E-state index >= 15 is 0 Å². The lowest BCUT2D eigenvalue weighted by atomic mass is 10.1. The molecular formula is C24H25N3O2S. The molecule has 0 N–H and O–H groups in total. The number of unbranched alkanes of at least 4 members (excludes halogenated alkanes) is 1. The highest BCUT2D eigenvalue weighted by atomic mass is 32.2. The summed E-state index contributed by atoms with van der Waals surface area (Å²) in [6, 6.07) is 15.7. The Kier molecular flexibility index (Phi) is 6.04. The van der Waals surface area contributed by atoms with Gasteiger partial charge in [0.15, 0.2) is 5.16 Å². The zero-order valence-electron chi connectivity index (χ0n) is 17.5. The average Bonchev–Trinajstić information content (AvgIpc) is 3.13. The Morgan fingerprint density at radius 3 is 2.57 bits per heavy atom. The van der Waals surface area contributed by atoms with Crippen LogP contribution in [0.5, 0.6) is 0 Å². The molecule has 6 heteroatoms. The summed E-state index contributed by atoms with van der Waals surface area (Å²) in [5.74, 6) is 2.01. The molecule has 0 amide bonds. The molecule has 0 unspecified atom stereocenters. The number of aromatic nitrogens is 3. The van der Waals surface area contributed by atoms with Crippen molar-refractivity contribution < 1.29 is 4.42 Å². The second kappa shape index (κ2) is 8.88. The number of para-hydroxylation sites is 1. The van der Waals surface area contributed by atoms with Gasteiger partial charge < -0.3 is 4.42 Å². The Morgan fingerprint density at radius 1 is 1.03 bits per heavy atom. The van der Waals surface area contributed by atoms with E-state index in [1.54, 1.807) is 4.57 Å². The van der Waals surface area contributed by atoms with Crippen molar-refractivity contribution in [2.24, 2.45) is 0 Å². The van der Waals surface area contributed by atoms with Crippen LogP contribution in [0.1, 0.15) is 36.8 Å². The number of fused-ring (bicyclic) bond motifs is 1. The van der Waals surface area contributed by atoms with Crippen molar-refractivity contribution in [3.05, 3.63) is 75.9 Å². The Morgan fingerprint density at radius 2 is 1.80 bits per heavy atom. The van der Waals surface area contributed by atoms with Crippen LogP contribution < -0.4 is 5.56 Å². The van der Waals surface area contributed by atoms with Crippen LogP contribution in [0, 0.1) is 13.8 Å². The van der Waals surface area contributed by atoms with Gasteiger partial charge in [-0.15, -0.1) is 0 Å². The molecule has 30 heavy (non-hydrogen) atoms. The van der Waals surface area contributed by atoms with Crippen molar-refractivity contribution >= 4 is 22.7 Å². The minimum Gasteiger partial charge on any atom is -0.441 e.